The molecular formula is C11H24N2O3S. The van der Waals surface area contributed by atoms with Crippen molar-refractivity contribution in [3.05, 3.63) is 0 Å². The van der Waals surface area contributed by atoms with Gasteiger partial charge in [-0.1, -0.05) is 13.8 Å². The maximum Gasteiger partial charge on any atom is 0.281 e. The van der Waals surface area contributed by atoms with Gasteiger partial charge in [-0.05, 0) is 24.7 Å². The van der Waals surface area contributed by atoms with Gasteiger partial charge < -0.3 is 5.11 Å². The average molecular weight is 264 g/mol. The van der Waals surface area contributed by atoms with Gasteiger partial charge in [0.2, 0.25) is 0 Å². The highest BCUT2D eigenvalue weighted by Gasteiger charge is 2.31. The smallest absolute Gasteiger partial charge is 0.281 e. The molecule has 0 radical (unpaired) electrons. The van der Waals surface area contributed by atoms with Crippen molar-refractivity contribution < 1.29 is 13.5 Å². The van der Waals surface area contributed by atoms with Gasteiger partial charge in [-0.15, -0.1) is 0 Å². The van der Waals surface area contributed by atoms with E-state index in [4.69, 9.17) is 5.11 Å². The molecule has 0 amide bonds. The quantitative estimate of drug-likeness (QED) is 0.787. The lowest BCUT2D eigenvalue weighted by Gasteiger charge is -2.34. The lowest BCUT2D eigenvalue weighted by atomic mass is 10.0. The molecule has 0 aromatic carbocycles. The van der Waals surface area contributed by atoms with Crippen molar-refractivity contribution in [2.75, 3.05) is 33.3 Å². The van der Waals surface area contributed by atoms with E-state index in [0.29, 0.717) is 25.6 Å². The Morgan fingerprint density at radius 2 is 2.12 bits per heavy atom. The fourth-order valence-corrected chi connectivity index (χ4v) is 3.83. The Kier molecular flexibility index (Phi) is 5.37. The monoisotopic (exact) mass is 264 g/mol. The molecule has 5 nitrogen and oxygen atoms in total. The van der Waals surface area contributed by atoms with Crippen LogP contribution < -0.4 is 0 Å². The van der Waals surface area contributed by atoms with Crippen molar-refractivity contribution in [2.24, 2.45) is 11.8 Å². The van der Waals surface area contributed by atoms with Crippen LogP contribution in [0.5, 0.6) is 0 Å². The first-order valence-corrected chi connectivity index (χ1v) is 7.60. The standard InChI is InChI=1S/C11H24N2O3S/c1-10(2)7-12(3)17(15,16)13-6-4-5-11(8-13)9-14/h10-11,14H,4-9H2,1-3H3. The average Bonchev–Trinajstić information content (AvgIpc) is 2.28. The number of piperidine rings is 1. The fourth-order valence-electron chi connectivity index (χ4n) is 2.19. The Hall–Kier alpha value is -0.170. The van der Waals surface area contributed by atoms with Crippen LogP contribution in [0, 0.1) is 11.8 Å². The second-order valence-corrected chi connectivity index (χ2v) is 7.27. The maximum absolute atomic E-state index is 12.3. The molecule has 17 heavy (non-hydrogen) atoms. The van der Waals surface area contributed by atoms with Crippen molar-refractivity contribution in [1.82, 2.24) is 8.61 Å². The van der Waals surface area contributed by atoms with E-state index < -0.39 is 10.2 Å². The Bertz CT molecular complexity index is 330. The van der Waals surface area contributed by atoms with Crippen LogP contribution in [0.25, 0.3) is 0 Å². The van der Waals surface area contributed by atoms with E-state index in [9.17, 15) is 8.42 Å². The molecule has 1 atom stereocenters. The molecule has 1 fully saturated rings. The van der Waals surface area contributed by atoms with E-state index in [-0.39, 0.29) is 12.5 Å². The van der Waals surface area contributed by atoms with Crippen molar-refractivity contribution in [1.29, 1.82) is 0 Å². The highest BCUT2D eigenvalue weighted by molar-refractivity contribution is 7.86. The molecule has 0 aromatic heterocycles. The zero-order valence-corrected chi connectivity index (χ0v) is 11.8. The molecule has 6 heteroatoms. The second kappa shape index (κ2) is 6.13. The van der Waals surface area contributed by atoms with Crippen molar-refractivity contribution in [3.63, 3.8) is 0 Å². The van der Waals surface area contributed by atoms with Crippen LogP contribution in [0.3, 0.4) is 0 Å². The molecule has 0 aromatic rings. The third kappa shape index (κ3) is 3.91. The number of aliphatic hydroxyl groups is 1. The summed E-state index contributed by atoms with van der Waals surface area (Å²) in [5.74, 6) is 0.402. The third-order valence-corrected chi connectivity index (χ3v) is 5.00. The molecule has 0 spiro atoms. The van der Waals surface area contributed by atoms with Gasteiger partial charge in [0.1, 0.15) is 0 Å². The van der Waals surface area contributed by atoms with Gasteiger partial charge in [-0.3, -0.25) is 0 Å². The molecule has 1 unspecified atom stereocenters. The predicted molar refractivity (Wildman–Crippen MR) is 67.8 cm³/mol. The number of hydrogen-bond acceptors (Lipinski definition) is 3. The van der Waals surface area contributed by atoms with E-state index in [1.807, 2.05) is 13.8 Å². The molecule has 0 saturated carbocycles. The Morgan fingerprint density at radius 1 is 1.47 bits per heavy atom. The molecule has 1 aliphatic rings. The largest absolute Gasteiger partial charge is 0.396 e. The molecule has 1 rings (SSSR count). The van der Waals surface area contributed by atoms with Crippen molar-refractivity contribution >= 4 is 10.2 Å². The summed E-state index contributed by atoms with van der Waals surface area (Å²) in [6.45, 7) is 5.61. The van der Waals surface area contributed by atoms with Crippen LogP contribution in [-0.2, 0) is 10.2 Å². The fraction of sp³-hybridized carbons (Fsp3) is 1.00. The summed E-state index contributed by atoms with van der Waals surface area (Å²) in [7, 11) is -1.72. The van der Waals surface area contributed by atoms with Crippen LogP contribution in [0.1, 0.15) is 26.7 Å². The molecule has 102 valence electrons. The molecular weight excluding hydrogens is 240 g/mol. The first-order chi connectivity index (χ1) is 7.87. The molecule has 1 aliphatic heterocycles. The van der Waals surface area contributed by atoms with Gasteiger partial charge in [0.15, 0.2) is 0 Å². The van der Waals surface area contributed by atoms with Crippen LogP contribution >= 0.6 is 0 Å². The van der Waals surface area contributed by atoms with Gasteiger partial charge in [-0.2, -0.15) is 17.0 Å². The molecule has 0 bridgehead atoms. The van der Waals surface area contributed by atoms with E-state index in [1.165, 1.54) is 8.61 Å². The summed E-state index contributed by atoms with van der Waals surface area (Å²) in [5.41, 5.74) is 0. The number of hydrogen-bond donors (Lipinski definition) is 1. The minimum atomic E-state index is -3.34. The van der Waals surface area contributed by atoms with Gasteiger partial charge in [0.25, 0.3) is 10.2 Å². The Labute approximate surface area is 105 Å². The van der Waals surface area contributed by atoms with Gasteiger partial charge in [0, 0.05) is 33.3 Å². The predicted octanol–water partition coefficient (Wildman–Crippen LogP) is 0.523. The Balaban J connectivity index is 2.69. The Morgan fingerprint density at radius 3 is 2.65 bits per heavy atom. The van der Waals surface area contributed by atoms with Crippen LogP contribution in [0.4, 0.5) is 0 Å². The van der Waals surface area contributed by atoms with Crippen LogP contribution in [0.2, 0.25) is 0 Å². The van der Waals surface area contributed by atoms with Crippen molar-refractivity contribution in [2.45, 2.75) is 26.7 Å². The number of rotatable bonds is 5. The van der Waals surface area contributed by atoms with Crippen LogP contribution in [-0.4, -0.2) is 55.4 Å². The lowest BCUT2D eigenvalue weighted by molar-refractivity contribution is 0.161. The summed E-state index contributed by atoms with van der Waals surface area (Å²) < 4.78 is 27.4. The SMILES string of the molecule is CC(C)CN(C)S(=O)(=O)N1CCCC(CO)C1. The highest BCUT2D eigenvalue weighted by atomic mass is 32.2. The summed E-state index contributed by atoms with van der Waals surface area (Å²) in [5, 5.41) is 9.12. The lowest BCUT2D eigenvalue weighted by Crippen LogP contribution is -2.48. The first-order valence-electron chi connectivity index (χ1n) is 6.20. The topological polar surface area (TPSA) is 60.9 Å². The number of aliphatic hydroxyl groups excluding tert-OH is 1. The molecule has 1 N–H and O–H groups in total. The van der Waals surface area contributed by atoms with Gasteiger partial charge in [0.05, 0.1) is 0 Å². The van der Waals surface area contributed by atoms with E-state index >= 15 is 0 Å². The zero-order valence-electron chi connectivity index (χ0n) is 11.0. The van der Waals surface area contributed by atoms with Crippen molar-refractivity contribution in [3.8, 4) is 0 Å². The minimum Gasteiger partial charge on any atom is -0.396 e. The summed E-state index contributed by atoms with van der Waals surface area (Å²) in [6.07, 6.45) is 1.75. The summed E-state index contributed by atoms with van der Waals surface area (Å²) in [4.78, 5) is 0. The normalized spacial score (nSPS) is 23.5. The van der Waals surface area contributed by atoms with E-state index in [0.717, 1.165) is 12.8 Å². The number of nitrogens with zero attached hydrogens (tertiary/aromatic N) is 2. The van der Waals surface area contributed by atoms with Crippen LogP contribution in [0.15, 0.2) is 0 Å². The highest BCUT2D eigenvalue weighted by Crippen LogP contribution is 2.20. The van der Waals surface area contributed by atoms with E-state index in [1.54, 1.807) is 7.05 Å². The second-order valence-electron chi connectivity index (χ2n) is 5.23. The molecule has 1 heterocycles. The summed E-state index contributed by atoms with van der Waals surface area (Å²) in [6, 6.07) is 0. The maximum atomic E-state index is 12.3. The molecule has 1 saturated heterocycles. The van der Waals surface area contributed by atoms with Gasteiger partial charge in [-0.25, -0.2) is 0 Å². The zero-order chi connectivity index (χ0) is 13.1. The third-order valence-electron chi connectivity index (χ3n) is 3.08. The minimum absolute atomic E-state index is 0.0694. The van der Waals surface area contributed by atoms with Gasteiger partial charge >= 0.3 is 0 Å². The first kappa shape index (κ1) is 14.9. The molecule has 0 aliphatic carbocycles. The summed E-state index contributed by atoms with van der Waals surface area (Å²) >= 11 is 0. The van der Waals surface area contributed by atoms with E-state index in [2.05, 4.69) is 0 Å².